The highest BCUT2D eigenvalue weighted by atomic mass is 32.2. The van der Waals surface area contributed by atoms with E-state index in [1.54, 1.807) is 42.5 Å². The van der Waals surface area contributed by atoms with Crippen molar-refractivity contribution in [2.24, 2.45) is 15.2 Å². The number of nitrogens with zero attached hydrogens (tertiary/aromatic N) is 8. The van der Waals surface area contributed by atoms with E-state index in [-0.39, 0.29) is 33.7 Å². The molecule has 4 aromatic rings. The Hall–Kier alpha value is -5.49. The maximum absolute atomic E-state index is 13.5. The monoisotopic (exact) mass is 542 g/mol. The molecule has 1 atom stereocenters. The Morgan fingerprint density at radius 2 is 1.87 bits per heavy atom. The normalized spacial score (nSPS) is 14.4. The largest absolute Gasteiger partial charge is 0.495 e. The molecule has 1 unspecified atom stereocenters. The van der Waals surface area contributed by atoms with E-state index in [1.165, 1.54) is 42.5 Å². The minimum absolute atomic E-state index is 0.0200. The number of hydrogen-bond donors (Lipinski definition) is 2. The number of methoxy groups -OCH3 is 1. The van der Waals surface area contributed by atoms with Gasteiger partial charge in [-0.05, 0) is 30.3 Å². The van der Waals surface area contributed by atoms with Gasteiger partial charge in [0.15, 0.2) is 11.7 Å². The van der Waals surface area contributed by atoms with Gasteiger partial charge >= 0.3 is 0 Å². The molecule has 1 aliphatic rings. The minimum Gasteiger partial charge on any atom is -0.495 e. The third kappa shape index (κ3) is 5.04. The number of azo groups is 1. The number of aromatic nitrogens is 4. The van der Waals surface area contributed by atoms with E-state index >= 15 is 0 Å². The maximum Gasteiger partial charge on any atom is 0.265 e. The summed E-state index contributed by atoms with van der Waals surface area (Å²) in [6.07, 6.45) is 4.19. The number of carbonyl (C=O) groups is 1. The Kier molecular flexibility index (Phi) is 6.76. The fourth-order valence-corrected chi connectivity index (χ4v) is 4.79. The lowest BCUT2D eigenvalue weighted by atomic mass is 10.2. The van der Waals surface area contributed by atoms with Crippen LogP contribution < -0.4 is 14.8 Å². The molecule has 5 rings (SSSR count). The van der Waals surface area contributed by atoms with Crippen molar-refractivity contribution in [3.63, 3.8) is 0 Å². The number of ether oxygens (including phenoxy) is 1. The molecule has 3 heterocycles. The van der Waals surface area contributed by atoms with E-state index in [9.17, 15) is 18.5 Å². The van der Waals surface area contributed by atoms with E-state index in [4.69, 9.17) is 4.74 Å². The van der Waals surface area contributed by atoms with Gasteiger partial charge in [0, 0.05) is 12.4 Å². The number of hydrogen-bond acceptors (Lipinski definition) is 11. The molecule has 0 radical (unpaired) electrons. The van der Waals surface area contributed by atoms with E-state index in [1.807, 2.05) is 6.07 Å². The van der Waals surface area contributed by atoms with E-state index < -0.39 is 22.0 Å². The molecule has 2 aromatic carbocycles. The van der Waals surface area contributed by atoms with E-state index in [0.29, 0.717) is 11.4 Å². The second kappa shape index (κ2) is 10.5. The molecule has 0 saturated carbocycles. The van der Waals surface area contributed by atoms with Gasteiger partial charge in [-0.2, -0.15) is 20.2 Å². The van der Waals surface area contributed by atoms with Gasteiger partial charge in [0.2, 0.25) is 6.04 Å². The molecule has 2 N–H and O–H groups in total. The highest BCUT2D eigenvalue weighted by Gasteiger charge is 2.34. The predicted octanol–water partition coefficient (Wildman–Crippen LogP) is 2.66. The number of sulfonamides is 1. The average Bonchev–Trinajstić information content (AvgIpc) is 3.36. The summed E-state index contributed by atoms with van der Waals surface area (Å²) in [7, 11) is -2.63. The number of fused-ring (bicyclic) bond motifs is 1. The van der Waals surface area contributed by atoms with Crippen LogP contribution in [0.1, 0.15) is 5.56 Å². The number of anilines is 1. The van der Waals surface area contributed by atoms with Crippen molar-refractivity contribution in [3.8, 4) is 17.8 Å². The predicted molar refractivity (Wildman–Crippen MR) is 138 cm³/mol. The summed E-state index contributed by atoms with van der Waals surface area (Å²) < 4.78 is 34.7. The van der Waals surface area contributed by atoms with Crippen LogP contribution in [0, 0.1) is 11.3 Å². The van der Waals surface area contributed by atoms with Gasteiger partial charge in [-0.15, -0.1) is 5.11 Å². The maximum atomic E-state index is 13.5. The average molecular weight is 543 g/mol. The first-order chi connectivity index (χ1) is 18.9. The lowest BCUT2D eigenvalue weighted by Gasteiger charge is -2.21. The smallest absolute Gasteiger partial charge is 0.265 e. The van der Waals surface area contributed by atoms with Crippen molar-refractivity contribution in [2.45, 2.75) is 10.9 Å². The Morgan fingerprint density at radius 3 is 2.64 bits per heavy atom. The zero-order valence-electron chi connectivity index (χ0n) is 20.1. The number of nitriles is 1. The number of amides is 1. The third-order valence-electron chi connectivity index (χ3n) is 5.38. The van der Waals surface area contributed by atoms with Crippen molar-refractivity contribution in [1.29, 1.82) is 5.26 Å². The number of amidine groups is 1. The van der Waals surface area contributed by atoms with Gasteiger partial charge in [-0.25, -0.2) is 23.4 Å². The van der Waals surface area contributed by atoms with Gasteiger partial charge in [-0.3, -0.25) is 9.52 Å². The number of nitrogens with one attached hydrogen (secondary N) is 2. The molecule has 2 aromatic heterocycles. The molecule has 1 amide bonds. The lowest BCUT2D eigenvalue weighted by molar-refractivity contribution is -0.116. The van der Waals surface area contributed by atoms with Gasteiger partial charge in [-0.1, -0.05) is 24.3 Å². The SMILES string of the molecule is COc1ccccc1NC(=O)C(N=Nc1c(C#N)cnn1-c1ncccn1)C1=Nc2ccccc2S(=O)(=O)N1. The van der Waals surface area contributed by atoms with Crippen LogP contribution in [-0.4, -0.2) is 53.1 Å². The highest BCUT2D eigenvalue weighted by molar-refractivity contribution is 7.90. The molecule has 14 nitrogen and oxygen atoms in total. The fourth-order valence-electron chi connectivity index (χ4n) is 3.60. The number of benzene rings is 2. The Morgan fingerprint density at radius 1 is 1.13 bits per heavy atom. The zero-order valence-corrected chi connectivity index (χ0v) is 20.9. The van der Waals surface area contributed by atoms with Crippen molar-refractivity contribution in [1.82, 2.24) is 24.5 Å². The summed E-state index contributed by atoms with van der Waals surface area (Å²) in [6.45, 7) is 0. The summed E-state index contributed by atoms with van der Waals surface area (Å²) in [5.41, 5.74) is 0.453. The van der Waals surface area contributed by atoms with Gasteiger partial charge < -0.3 is 10.1 Å². The number of aliphatic imine (C=N–C) groups is 1. The highest BCUT2D eigenvalue weighted by Crippen LogP contribution is 2.29. The summed E-state index contributed by atoms with van der Waals surface area (Å²) in [5, 5.41) is 24.6. The summed E-state index contributed by atoms with van der Waals surface area (Å²) >= 11 is 0. The summed E-state index contributed by atoms with van der Waals surface area (Å²) in [5.74, 6) is -0.676. The van der Waals surface area contributed by atoms with Gasteiger partial charge in [0.1, 0.15) is 22.3 Å². The van der Waals surface area contributed by atoms with Crippen LogP contribution in [-0.2, 0) is 14.8 Å². The first kappa shape index (κ1) is 25.2. The molecule has 194 valence electrons. The molecule has 0 spiro atoms. The van der Waals surface area contributed by atoms with Crippen LogP contribution in [0.15, 0.2) is 93.3 Å². The van der Waals surface area contributed by atoms with Crippen LogP contribution in [0.4, 0.5) is 17.2 Å². The molecule has 15 heteroatoms. The molecule has 0 aliphatic carbocycles. The molecule has 1 aliphatic heterocycles. The van der Waals surface area contributed by atoms with Crippen molar-refractivity contribution in [3.05, 3.63) is 78.8 Å². The van der Waals surface area contributed by atoms with E-state index in [2.05, 4.69) is 40.3 Å². The van der Waals surface area contributed by atoms with E-state index in [0.717, 1.165) is 0 Å². The standard InChI is InChI=1S/C24H18N10O4S/c1-38-18-9-4-2-7-16(18)30-23(35)20(21-29-17-8-3-5-10-19(17)39(36,37)33-21)31-32-22-15(13-25)14-28-34(22)24-26-11-6-12-27-24/h2-12,14,20H,1H3,(H,29,33)(H,30,35). The third-order valence-corrected chi connectivity index (χ3v) is 6.78. The number of carbonyl (C=O) groups excluding carboxylic acids is 1. The van der Waals surface area contributed by atoms with Crippen LogP contribution in [0.2, 0.25) is 0 Å². The van der Waals surface area contributed by atoms with Gasteiger partial charge in [0.25, 0.3) is 21.9 Å². The Labute approximate surface area is 221 Å². The van der Waals surface area contributed by atoms with Gasteiger partial charge in [0.05, 0.1) is 24.7 Å². The van der Waals surface area contributed by atoms with Crippen molar-refractivity contribution < 1.29 is 17.9 Å². The minimum atomic E-state index is -4.07. The van der Waals surface area contributed by atoms with Crippen LogP contribution >= 0.6 is 0 Å². The quantitative estimate of drug-likeness (QED) is 0.333. The number of para-hydroxylation sites is 3. The number of rotatable bonds is 7. The molecular weight excluding hydrogens is 524 g/mol. The molecule has 39 heavy (non-hydrogen) atoms. The second-order valence-corrected chi connectivity index (χ2v) is 9.48. The zero-order chi connectivity index (χ0) is 27.4. The summed E-state index contributed by atoms with van der Waals surface area (Å²) in [6, 6.07) is 14.7. The van der Waals surface area contributed by atoms with Crippen molar-refractivity contribution in [2.75, 3.05) is 12.4 Å². The first-order valence-electron chi connectivity index (χ1n) is 11.2. The van der Waals surface area contributed by atoms with Crippen molar-refractivity contribution >= 4 is 39.0 Å². The first-order valence-corrected chi connectivity index (χ1v) is 12.7. The molecule has 0 fully saturated rings. The molecule has 0 bridgehead atoms. The Balaban J connectivity index is 1.60. The van der Waals surface area contributed by atoms with Crippen LogP contribution in [0.25, 0.3) is 5.95 Å². The molecular formula is C24H18N10O4S. The van der Waals surface area contributed by atoms with Crippen LogP contribution in [0.3, 0.4) is 0 Å². The molecule has 0 saturated heterocycles. The van der Waals surface area contributed by atoms with Crippen LogP contribution in [0.5, 0.6) is 5.75 Å². The summed E-state index contributed by atoms with van der Waals surface area (Å²) in [4.78, 5) is 26.0. The Bertz CT molecular complexity index is 1760. The second-order valence-electron chi connectivity index (χ2n) is 7.83. The lowest BCUT2D eigenvalue weighted by Crippen LogP contribution is -2.45. The topological polar surface area (TPSA) is 189 Å². The fraction of sp³-hybridized carbons (Fsp3) is 0.0833.